The van der Waals surface area contributed by atoms with E-state index in [-0.39, 0.29) is 0 Å². The average Bonchev–Trinajstić information content (AvgIpc) is 3.05. The fourth-order valence-electron chi connectivity index (χ4n) is 3.05. The van der Waals surface area contributed by atoms with Crippen LogP contribution >= 0.6 is 0 Å². The molecule has 18 heavy (non-hydrogen) atoms. The zero-order valence-electron chi connectivity index (χ0n) is 11.3. The third-order valence-corrected chi connectivity index (χ3v) is 4.29. The molecule has 0 spiro atoms. The van der Waals surface area contributed by atoms with Gasteiger partial charge in [0.2, 0.25) is 0 Å². The van der Waals surface area contributed by atoms with Gasteiger partial charge in [-0.05, 0) is 44.6 Å². The highest BCUT2D eigenvalue weighted by molar-refractivity contribution is 4.83. The highest BCUT2D eigenvalue weighted by Gasteiger charge is 2.28. The van der Waals surface area contributed by atoms with Crippen LogP contribution in [-0.4, -0.2) is 56.6 Å². The first-order chi connectivity index (χ1) is 8.90. The lowest BCUT2D eigenvalue weighted by atomic mass is 10.1. The summed E-state index contributed by atoms with van der Waals surface area (Å²) in [6, 6.07) is 0.712. The van der Waals surface area contributed by atoms with E-state index in [4.69, 9.17) is 9.47 Å². The van der Waals surface area contributed by atoms with Gasteiger partial charge in [0.25, 0.3) is 0 Å². The van der Waals surface area contributed by atoms with Gasteiger partial charge in [-0.25, -0.2) is 0 Å². The van der Waals surface area contributed by atoms with Crippen molar-refractivity contribution >= 4 is 0 Å². The molecule has 2 saturated heterocycles. The third kappa shape index (κ3) is 3.92. The number of rotatable bonds is 6. The second kappa shape index (κ2) is 6.33. The quantitative estimate of drug-likeness (QED) is 0.772. The predicted octanol–water partition coefficient (Wildman–Crippen LogP) is 1.21. The Bertz CT molecular complexity index is 246. The maximum Gasteiger partial charge on any atom is 0.147 e. The van der Waals surface area contributed by atoms with Crippen LogP contribution in [0.5, 0.6) is 0 Å². The Kier molecular flexibility index (Phi) is 4.52. The standard InChI is InChI=1S/C14H26N2O2/c1-2-13(15-6-1)9-16(8-12-3-4-12)10-14-5-7-17-11-18-14/h12-15H,1-11H2. The van der Waals surface area contributed by atoms with Crippen molar-refractivity contribution in [3.05, 3.63) is 0 Å². The van der Waals surface area contributed by atoms with Crippen molar-refractivity contribution in [2.75, 3.05) is 39.6 Å². The first-order valence-corrected chi connectivity index (χ1v) is 7.55. The zero-order chi connectivity index (χ0) is 12.2. The summed E-state index contributed by atoms with van der Waals surface area (Å²) >= 11 is 0. The number of nitrogens with zero attached hydrogens (tertiary/aromatic N) is 1. The molecule has 4 nitrogen and oxygen atoms in total. The summed E-state index contributed by atoms with van der Waals surface area (Å²) in [5.41, 5.74) is 0. The minimum atomic E-state index is 0.388. The molecule has 3 fully saturated rings. The van der Waals surface area contributed by atoms with Gasteiger partial charge in [0.05, 0.1) is 12.7 Å². The number of hydrogen-bond acceptors (Lipinski definition) is 4. The van der Waals surface area contributed by atoms with Crippen molar-refractivity contribution in [3.63, 3.8) is 0 Å². The molecular weight excluding hydrogens is 228 g/mol. The summed E-state index contributed by atoms with van der Waals surface area (Å²) in [5, 5.41) is 3.61. The number of ether oxygens (including phenoxy) is 2. The molecule has 2 aliphatic heterocycles. The molecule has 0 amide bonds. The van der Waals surface area contributed by atoms with Gasteiger partial charge < -0.3 is 14.8 Å². The van der Waals surface area contributed by atoms with Crippen LogP contribution < -0.4 is 5.32 Å². The van der Waals surface area contributed by atoms with Gasteiger partial charge in [0.1, 0.15) is 6.79 Å². The van der Waals surface area contributed by atoms with Gasteiger partial charge in [0.15, 0.2) is 0 Å². The van der Waals surface area contributed by atoms with Crippen LogP contribution in [0.4, 0.5) is 0 Å². The molecule has 1 saturated carbocycles. The molecule has 0 aromatic carbocycles. The predicted molar refractivity (Wildman–Crippen MR) is 70.5 cm³/mol. The van der Waals surface area contributed by atoms with Crippen LogP contribution in [0.25, 0.3) is 0 Å². The molecule has 2 heterocycles. The van der Waals surface area contributed by atoms with Crippen LogP contribution in [-0.2, 0) is 9.47 Å². The Labute approximate surface area is 110 Å². The van der Waals surface area contributed by atoms with Gasteiger partial charge in [-0.1, -0.05) is 0 Å². The van der Waals surface area contributed by atoms with E-state index < -0.39 is 0 Å². The Hall–Kier alpha value is -0.160. The maximum absolute atomic E-state index is 5.69. The first-order valence-electron chi connectivity index (χ1n) is 7.55. The molecular formula is C14H26N2O2. The Morgan fingerprint density at radius 3 is 2.67 bits per heavy atom. The van der Waals surface area contributed by atoms with Gasteiger partial charge in [-0.2, -0.15) is 0 Å². The molecule has 3 rings (SSSR count). The summed E-state index contributed by atoms with van der Waals surface area (Å²) in [6.45, 7) is 6.14. The molecule has 1 aliphatic carbocycles. The zero-order valence-corrected chi connectivity index (χ0v) is 11.3. The molecule has 2 atom stereocenters. The van der Waals surface area contributed by atoms with Crippen molar-refractivity contribution in [1.29, 1.82) is 0 Å². The smallest absolute Gasteiger partial charge is 0.147 e. The summed E-state index contributed by atoms with van der Waals surface area (Å²) in [7, 11) is 0. The Balaban J connectivity index is 1.47. The van der Waals surface area contributed by atoms with Crippen LogP contribution in [0.15, 0.2) is 0 Å². The first kappa shape index (κ1) is 12.9. The van der Waals surface area contributed by atoms with Crippen LogP contribution in [0.2, 0.25) is 0 Å². The lowest BCUT2D eigenvalue weighted by Crippen LogP contribution is -2.44. The maximum atomic E-state index is 5.69. The Morgan fingerprint density at radius 1 is 1.06 bits per heavy atom. The van der Waals surface area contributed by atoms with Crippen LogP contribution in [0.3, 0.4) is 0 Å². The monoisotopic (exact) mass is 254 g/mol. The fourth-order valence-corrected chi connectivity index (χ4v) is 3.05. The highest BCUT2D eigenvalue weighted by Crippen LogP contribution is 2.30. The SMILES string of the molecule is C1CNC(CN(CC2CC2)CC2CCOCO2)C1. The van der Waals surface area contributed by atoms with Gasteiger partial charge >= 0.3 is 0 Å². The molecule has 1 N–H and O–H groups in total. The third-order valence-electron chi connectivity index (χ3n) is 4.29. The minimum Gasteiger partial charge on any atom is -0.355 e. The van der Waals surface area contributed by atoms with Crippen molar-refractivity contribution < 1.29 is 9.47 Å². The van der Waals surface area contributed by atoms with E-state index in [1.165, 1.54) is 45.3 Å². The Morgan fingerprint density at radius 2 is 2.00 bits per heavy atom. The number of nitrogens with one attached hydrogen (secondary N) is 1. The molecule has 0 bridgehead atoms. The summed E-state index contributed by atoms with van der Waals surface area (Å²) < 4.78 is 10.9. The van der Waals surface area contributed by atoms with E-state index in [2.05, 4.69) is 10.2 Å². The van der Waals surface area contributed by atoms with Gasteiger partial charge in [-0.15, -0.1) is 0 Å². The summed E-state index contributed by atoms with van der Waals surface area (Å²) in [4.78, 5) is 2.64. The van der Waals surface area contributed by atoms with E-state index in [0.29, 0.717) is 18.9 Å². The fraction of sp³-hybridized carbons (Fsp3) is 1.00. The normalized spacial score (nSPS) is 33.2. The van der Waals surface area contributed by atoms with Crippen molar-refractivity contribution in [2.45, 2.75) is 44.2 Å². The highest BCUT2D eigenvalue weighted by atomic mass is 16.7. The molecule has 4 heteroatoms. The van der Waals surface area contributed by atoms with Crippen LogP contribution in [0, 0.1) is 5.92 Å². The summed E-state index contributed by atoms with van der Waals surface area (Å²) in [6.07, 6.45) is 7.00. The van der Waals surface area contributed by atoms with E-state index in [9.17, 15) is 0 Å². The molecule has 0 aromatic rings. The van der Waals surface area contributed by atoms with Crippen molar-refractivity contribution in [1.82, 2.24) is 10.2 Å². The second-order valence-electron chi connectivity index (χ2n) is 6.06. The van der Waals surface area contributed by atoms with Gasteiger partial charge in [-0.3, -0.25) is 4.90 Å². The van der Waals surface area contributed by atoms with E-state index >= 15 is 0 Å². The largest absolute Gasteiger partial charge is 0.355 e. The average molecular weight is 254 g/mol. The van der Waals surface area contributed by atoms with Crippen molar-refractivity contribution in [3.8, 4) is 0 Å². The minimum absolute atomic E-state index is 0.388. The molecule has 0 aromatic heterocycles. The number of hydrogen-bond donors (Lipinski definition) is 1. The van der Waals surface area contributed by atoms with Gasteiger partial charge in [0, 0.05) is 25.7 Å². The topological polar surface area (TPSA) is 33.7 Å². The lowest BCUT2D eigenvalue weighted by molar-refractivity contribution is -0.144. The summed E-state index contributed by atoms with van der Waals surface area (Å²) in [5.74, 6) is 0.964. The van der Waals surface area contributed by atoms with E-state index in [1.807, 2.05) is 0 Å². The second-order valence-corrected chi connectivity index (χ2v) is 6.06. The molecule has 3 aliphatic rings. The van der Waals surface area contributed by atoms with E-state index in [0.717, 1.165) is 25.5 Å². The molecule has 0 radical (unpaired) electrons. The van der Waals surface area contributed by atoms with E-state index in [1.54, 1.807) is 0 Å². The lowest BCUT2D eigenvalue weighted by Gasteiger charge is -2.31. The van der Waals surface area contributed by atoms with Crippen LogP contribution in [0.1, 0.15) is 32.1 Å². The van der Waals surface area contributed by atoms with Crippen molar-refractivity contribution in [2.24, 2.45) is 5.92 Å². The molecule has 104 valence electrons. The molecule has 2 unspecified atom stereocenters.